The van der Waals surface area contributed by atoms with Crippen molar-refractivity contribution in [2.45, 2.75) is 52.9 Å². The van der Waals surface area contributed by atoms with Crippen LogP contribution in [-0.4, -0.2) is 21.7 Å². The average molecular weight is 594 g/mol. The number of fused-ring (bicyclic) bond motifs is 6. The number of aromatic nitrogens is 1. The number of nitrogens with zero attached hydrogens (tertiary/aromatic N) is 1. The molecule has 4 nitrogen and oxygen atoms in total. The molecule has 0 bridgehead atoms. The van der Waals surface area contributed by atoms with Crippen LogP contribution in [0.15, 0.2) is 84.4 Å². The van der Waals surface area contributed by atoms with Crippen LogP contribution < -0.4 is 10.2 Å². The van der Waals surface area contributed by atoms with Crippen molar-refractivity contribution in [1.82, 2.24) is 4.57 Å². The van der Waals surface area contributed by atoms with Gasteiger partial charge in [0, 0.05) is 56.8 Å². The van der Waals surface area contributed by atoms with E-state index in [1.54, 1.807) is 6.07 Å². The summed E-state index contributed by atoms with van der Waals surface area (Å²) in [6.07, 6.45) is 8.97. The molecule has 0 radical (unpaired) electrons. The minimum Gasteiger partial charge on any atom is -0.456 e. The van der Waals surface area contributed by atoms with Gasteiger partial charge in [-0.25, -0.2) is 0 Å². The Labute approximate surface area is 266 Å². The first kappa shape index (κ1) is 29.4. The molecule has 2 aliphatic rings. The number of hydrogen-bond donors (Lipinski definition) is 2. The van der Waals surface area contributed by atoms with Gasteiger partial charge in [0.05, 0.1) is 0 Å². The summed E-state index contributed by atoms with van der Waals surface area (Å²) in [6, 6.07) is 27.3. The maximum Gasteiger partial charge on any atom is 0.492 e. The molecule has 2 heterocycles. The van der Waals surface area contributed by atoms with E-state index in [9.17, 15) is 10.0 Å². The van der Waals surface area contributed by atoms with E-state index in [2.05, 4.69) is 125 Å². The van der Waals surface area contributed by atoms with Crippen molar-refractivity contribution in [3.63, 3.8) is 0 Å². The van der Waals surface area contributed by atoms with E-state index in [1.807, 2.05) is 12.1 Å². The molecule has 0 atom stereocenters. The van der Waals surface area contributed by atoms with E-state index >= 15 is 0 Å². The van der Waals surface area contributed by atoms with Crippen LogP contribution in [0.25, 0.3) is 40.3 Å². The van der Waals surface area contributed by atoms with Crippen molar-refractivity contribution in [1.29, 1.82) is 0 Å². The van der Waals surface area contributed by atoms with Gasteiger partial charge < -0.3 is 19.4 Å². The van der Waals surface area contributed by atoms with E-state index in [0.717, 1.165) is 40.8 Å². The lowest BCUT2D eigenvalue weighted by Crippen LogP contribution is -2.35. The Hall–Kier alpha value is -4.32. The summed E-state index contributed by atoms with van der Waals surface area (Å²) >= 11 is 0. The average Bonchev–Trinajstić information content (AvgIpc) is 3.23. The molecule has 2 N–H and O–H groups in total. The summed E-state index contributed by atoms with van der Waals surface area (Å²) in [6.45, 7) is 11.3. The normalized spacial score (nSPS) is 18.3. The second-order valence-corrected chi connectivity index (χ2v) is 14.1. The van der Waals surface area contributed by atoms with Crippen molar-refractivity contribution in [3.05, 3.63) is 118 Å². The molecule has 5 heteroatoms. The second kappa shape index (κ2) is 10.6. The maximum atomic E-state index is 10.2. The van der Waals surface area contributed by atoms with Crippen LogP contribution in [0, 0.1) is 5.41 Å². The lowest BCUT2D eigenvalue weighted by atomic mass is 9.70. The SMILES string of the molecule is C/C1=C\c2c(c3cc(-c4cccc5c4Oc4c(B(O)O)cccc4C5(C)C)ccc3n2C)/C=C/c2ccccc2CC(C)(C)C1. The van der Waals surface area contributed by atoms with Crippen LogP contribution in [0.1, 0.15) is 74.6 Å². The van der Waals surface area contributed by atoms with Crippen LogP contribution in [0.5, 0.6) is 11.5 Å². The van der Waals surface area contributed by atoms with Gasteiger partial charge >= 0.3 is 7.12 Å². The van der Waals surface area contributed by atoms with Crippen molar-refractivity contribution < 1.29 is 14.8 Å². The summed E-state index contributed by atoms with van der Waals surface area (Å²) in [4.78, 5) is 0. The topological polar surface area (TPSA) is 54.6 Å². The molecule has 4 aromatic carbocycles. The molecule has 1 aliphatic heterocycles. The molecule has 7 rings (SSSR count). The van der Waals surface area contributed by atoms with Crippen molar-refractivity contribution in [3.8, 4) is 22.6 Å². The van der Waals surface area contributed by atoms with Crippen LogP contribution in [0.2, 0.25) is 0 Å². The summed E-state index contributed by atoms with van der Waals surface area (Å²) < 4.78 is 8.94. The first-order valence-corrected chi connectivity index (χ1v) is 15.8. The molecule has 1 aliphatic carbocycles. The highest BCUT2D eigenvalue weighted by atomic mass is 16.5. The second-order valence-electron chi connectivity index (χ2n) is 14.1. The highest BCUT2D eigenvalue weighted by Gasteiger charge is 2.38. The third kappa shape index (κ3) is 4.95. The summed E-state index contributed by atoms with van der Waals surface area (Å²) in [5, 5.41) is 21.6. The highest BCUT2D eigenvalue weighted by Crippen LogP contribution is 2.51. The Kier molecular flexibility index (Phi) is 6.96. The Morgan fingerprint density at radius 1 is 0.800 bits per heavy atom. The van der Waals surface area contributed by atoms with Gasteiger partial charge in [-0.1, -0.05) is 112 Å². The molecular formula is C40H40BNO3. The Morgan fingerprint density at radius 2 is 1.53 bits per heavy atom. The fourth-order valence-corrected chi connectivity index (χ4v) is 7.64. The molecule has 1 aromatic heterocycles. The fraction of sp³-hybridized carbons (Fsp3) is 0.250. The highest BCUT2D eigenvalue weighted by molar-refractivity contribution is 6.59. The minimum absolute atomic E-state index is 0.136. The lowest BCUT2D eigenvalue weighted by molar-refractivity contribution is 0.360. The minimum atomic E-state index is -1.62. The van der Waals surface area contributed by atoms with E-state index in [-0.39, 0.29) is 5.41 Å². The summed E-state index contributed by atoms with van der Waals surface area (Å²) in [7, 11) is 0.535. The van der Waals surface area contributed by atoms with Crippen molar-refractivity contribution >= 4 is 41.7 Å². The molecule has 0 unspecified atom stereocenters. The van der Waals surface area contributed by atoms with E-state index in [4.69, 9.17) is 4.74 Å². The molecule has 226 valence electrons. The van der Waals surface area contributed by atoms with Gasteiger partial charge in [-0.15, -0.1) is 0 Å². The molecule has 0 saturated heterocycles. The number of aryl methyl sites for hydroxylation is 1. The summed E-state index contributed by atoms with van der Waals surface area (Å²) in [5.41, 5.74) is 11.7. The molecule has 0 amide bonds. The smallest absolute Gasteiger partial charge is 0.456 e. The van der Waals surface area contributed by atoms with Crippen LogP contribution in [-0.2, 0) is 18.9 Å². The zero-order valence-corrected chi connectivity index (χ0v) is 27.0. The van der Waals surface area contributed by atoms with E-state index < -0.39 is 12.5 Å². The van der Waals surface area contributed by atoms with Gasteiger partial charge in [-0.3, -0.25) is 0 Å². The lowest BCUT2D eigenvalue weighted by Gasteiger charge is -2.36. The number of hydrogen-bond acceptors (Lipinski definition) is 3. The predicted octanol–water partition coefficient (Wildman–Crippen LogP) is 8.50. The Bertz CT molecular complexity index is 2040. The largest absolute Gasteiger partial charge is 0.492 e. The number of rotatable bonds is 2. The number of benzene rings is 4. The summed E-state index contributed by atoms with van der Waals surface area (Å²) in [5.74, 6) is 1.28. The first-order valence-electron chi connectivity index (χ1n) is 15.8. The number of para-hydroxylation sites is 2. The molecule has 0 saturated carbocycles. The van der Waals surface area contributed by atoms with Gasteiger partial charge in [-0.05, 0) is 60.1 Å². The fourth-order valence-electron chi connectivity index (χ4n) is 7.64. The van der Waals surface area contributed by atoms with Gasteiger partial charge in [0.1, 0.15) is 11.5 Å². The van der Waals surface area contributed by atoms with Crippen molar-refractivity contribution in [2.24, 2.45) is 12.5 Å². The van der Waals surface area contributed by atoms with Crippen molar-refractivity contribution in [2.75, 3.05) is 0 Å². The molecule has 0 fully saturated rings. The van der Waals surface area contributed by atoms with Gasteiger partial charge in [0.25, 0.3) is 0 Å². The van der Waals surface area contributed by atoms with Gasteiger partial charge in [0.2, 0.25) is 0 Å². The van der Waals surface area contributed by atoms with E-state index in [0.29, 0.717) is 11.2 Å². The quantitative estimate of drug-likeness (QED) is 0.202. The molecular weight excluding hydrogens is 553 g/mol. The first-order chi connectivity index (χ1) is 21.4. The Morgan fingerprint density at radius 3 is 2.31 bits per heavy atom. The third-order valence-corrected chi connectivity index (χ3v) is 9.78. The molecule has 45 heavy (non-hydrogen) atoms. The third-order valence-electron chi connectivity index (χ3n) is 9.78. The molecule has 5 aromatic rings. The molecule has 0 spiro atoms. The van der Waals surface area contributed by atoms with Gasteiger partial charge in [-0.2, -0.15) is 0 Å². The standard InChI is InChI=1S/C40H40BNO3/c1-25-21-36-30(19-17-26-11-7-8-12-28(26)24-39(2,3)23-25)31-22-27(18-20-35(31)42(36)6)29-13-9-14-32-37(29)45-38-33(40(32,4)5)15-10-16-34(38)41(43)44/h7-22,43-44H,23-24H2,1-6H3/b19-17+,25-21+. The monoisotopic (exact) mass is 593 g/mol. The predicted molar refractivity (Wildman–Crippen MR) is 188 cm³/mol. The maximum absolute atomic E-state index is 10.2. The van der Waals surface area contributed by atoms with Crippen LogP contribution >= 0.6 is 0 Å². The van der Waals surface area contributed by atoms with Gasteiger partial charge in [0.15, 0.2) is 0 Å². The number of ether oxygens (including phenoxy) is 1. The van der Waals surface area contributed by atoms with Crippen LogP contribution in [0.3, 0.4) is 0 Å². The number of allylic oxidation sites excluding steroid dienone is 1. The zero-order valence-electron chi connectivity index (χ0n) is 27.0. The Balaban J connectivity index is 1.43. The van der Waals surface area contributed by atoms with E-state index in [1.165, 1.54) is 38.9 Å². The van der Waals surface area contributed by atoms with Crippen LogP contribution in [0.4, 0.5) is 0 Å². The zero-order chi connectivity index (χ0) is 31.7.